The molecule has 5 aliphatic heterocycles. The van der Waals surface area contributed by atoms with Crippen molar-refractivity contribution in [2.45, 2.75) is 211 Å². The minimum Gasteiger partial charge on any atom is -0.480 e. The number of piperidine rings is 1. The van der Waals surface area contributed by atoms with E-state index in [0.29, 0.717) is 107 Å². The first-order valence-corrected chi connectivity index (χ1v) is 37.8. The Labute approximate surface area is 628 Å². The number of cyclic esters (lactones) is 1. The van der Waals surface area contributed by atoms with Gasteiger partial charge in [-0.1, -0.05) is 64.2 Å². The predicted molar refractivity (Wildman–Crippen MR) is 394 cm³/mol. The van der Waals surface area contributed by atoms with Gasteiger partial charge < -0.3 is 83.9 Å². The second-order valence-corrected chi connectivity index (χ2v) is 29.7. The second-order valence-electron chi connectivity index (χ2n) is 29.7. The molecular formula is C77H115N11O19. The standard InChI is InChI=1S/C77H115N11O19/c1-47-17-13-12-14-18-48(2)62(100-8)39-57-22-20-52(6)77(99,107-57)70(93)71(94)88-25-16-15-19-59(88)73(97)105-64(40-63(101-9)49(3)36-51(5)68(92)69(103-11)67(91)50(4)35-47)58(78)37-54-21-23-61(65(38-54)102-10)106-76(98)83-43-55-41-79-75(80-42-55)86-30-31-87(60(46-86)72(95)96)66(90)24-33-104-34-32-84-26-28-85(29-27-84)74-81-44-56(45-82-74)53(7)89/h12-14,17-18,36,41-42,44-45,47,49-50,52,54,57-65,68-69,92,99H,15-16,19-35,37-40,43,46,78H2,1-11H3,(H,83,98)(H,95,96)/b14-12+,17-13+,48-18+,51-36+/t47-,49-,50-,52-,54+,57+,58-,59+,60-,61-,62+,63-,64+,65-,68-,69+,77-/m1/s1. The number of hydrogen-bond acceptors (Lipinski definition) is 26. The van der Waals surface area contributed by atoms with Crippen molar-refractivity contribution in [2.24, 2.45) is 35.3 Å². The second kappa shape index (κ2) is 40.8. The fourth-order valence-electron chi connectivity index (χ4n) is 15.3. The number of carbonyl (C=O) groups is 8. The molecule has 8 rings (SSSR count). The Balaban J connectivity index is 0.866. The molecule has 17 atom stereocenters. The molecule has 30 heteroatoms. The Morgan fingerprint density at radius 3 is 2.11 bits per heavy atom. The number of allylic oxidation sites excluding steroid dienone is 5. The van der Waals surface area contributed by atoms with Crippen LogP contribution in [0.3, 0.4) is 0 Å². The lowest BCUT2D eigenvalue weighted by atomic mass is 9.80. The molecule has 107 heavy (non-hydrogen) atoms. The lowest BCUT2D eigenvalue weighted by molar-refractivity contribution is -0.265. The van der Waals surface area contributed by atoms with Crippen LogP contribution in [-0.2, 0) is 73.2 Å². The number of nitrogens with two attached hydrogens (primary N) is 1. The van der Waals surface area contributed by atoms with Crippen molar-refractivity contribution in [3.05, 3.63) is 83.5 Å². The van der Waals surface area contributed by atoms with Gasteiger partial charge in [-0.3, -0.25) is 28.9 Å². The number of fused-ring (bicyclic) bond motifs is 3. The van der Waals surface area contributed by atoms with E-state index in [9.17, 15) is 53.7 Å². The van der Waals surface area contributed by atoms with Gasteiger partial charge in [0.15, 0.2) is 11.6 Å². The highest BCUT2D eigenvalue weighted by Crippen LogP contribution is 2.38. The largest absolute Gasteiger partial charge is 0.480 e. The topological polar surface area (TPSA) is 377 Å². The Hall–Kier alpha value is -7.52. The van der Waals surface area contributed by atoms with Gasteiger partial charge in [0, 0.05) is 154 Å². The fraction of sp³-hybridized carbons (Fsp3) is 0.688. The molecule has 592 valence electrons. The number of aromatic nitrogens is 4. The quantitative estimate of drug-likeness (QED) is 0.0366. The zero-order valence-corrected chi connectivity index (χ0v) is 64.2. The number of hydrogen-bond donors (Lipinski definition) is 5. The van der Waals surface area contributed by atoms with Gasteiger partial charge in [-0.25, -0.2) is 34.3 Å². The molecule has 2 aromatic rings. The number of Topliss-reactive ketones (excluding diaryl/α,β-unsaturated/α-hetero) is 3. The summed E-state index contributed by atoms with van der Waals surface area (Å²) in [4.78, 5) is 135. The first-order valence-electron chi connectivity index (χ1n) is 37.8. The van der Waals surface area contributed by atoms with E-state index in [2.05, 4.69) is 35.1 Å². The fourth-order valence-corrected chi connectivity index (χ4v) is 15.3. The Morgan fingerprint density at radius 1 is 0.748 bits per heavy atom. The van der Waals surface area contributed by atoms with E-state index in [1.807, 2.05) is 58.1 Å². The predicted octanol–water partition coefficient (Wildman–Crippen LogP) is 5.37. The van der Waals surface area contributed by atoms with Gasteiger partial charge >= 0.3 is 18.0 Å². The zero-order chi connectivity index (χ0) is 77.6. The number of anilines is 2. The number of amides is 3. The maximum absolute atomic E-state index is 14.9. The molecular weight excluding hydrogens is 1380 g/mol. The lowest BCUT2D eigenvalue weighted by Crippen LogP contribution is -2.61. The first kappa shape index (κ1) is 85.1. The van der Waals surface area contributed by atoms with Gasteiger partial charge in [0.1, 0.15) is 36.5 Å². The third-order valence-electron chi connectivity index (χ3n) is 22.0. The summed E-state index contributed by atoms with van der Waals surface area (Å²) in [5.74, 6) is -8.36. The van der Waals surface area contributed by atoms with Crippen LogP contribution in [0.5, 0.6) is 0 Å². The zero-order valence-electron chi connectivity index (χ0n) is 64.2. The summed E-state index contributed by atoms with van der Waals surface area (Å²) < 4.78 is 48.2. The summed E-state index contributed by atoms with van der Waals surface area (Å²) in [6.07, 6.45) is 14.7. The molecule has 1 saturated carbocycles. The van der Waals surface area contributed by atoms with Gasteiger partial charge in [0.05, 0.1) is 56.2 Å². The summed E-state index contributed by atoms with van der Waals surface area (Å²) in [7, 11) is 6.00. The SMILES string of the molecule is CO[C@H]1C[C@@H]2CC[C@@H](C)[C@@](O)(O2)C(=O)C(=O)N2CCCC[C@H]2C(=O)O[C@H]([C@H](N)C[C@@H]2CC[C@@H](OC(=O)NCc3cnc(N4CCN(C(=O)CCOCCN5CCN(c6ncc(C(C)=O)cn6)CC5)[C@@H](C(=O)O)C4)nc3)[C@H](OC)C2)C[C@@H](OC)[C@H](C)/C=C(\C)[C@@H](O)[C@@H](OC)C(=O)[C@H](C)C[C@H](C)/C=C/C=C/C=C/1C. The molecule has 4 saturated heterocycles. The number of nitrogens with zero attached hydrogens (tertiary/aromatic N) is 9. The van der Waals surface area contributed by atoms with Gasteiger partial charge in [-0.15, -0.1) is 0 Å². The van der Waals surface area contributed by atoms with Gasteiger partial charge in [0.2, 0.25) is 23.6 Å². The number of piperazine rings is 2. The van der Waals surface area contributed by atoms with Crippen molar-refractivity contribution in [1.82, 2.24) is 40.0 Å². The highest BCUT2D eigenvalue weighted by atomic mass is 16.6. The van der Waals surface area contributed by atoms with Crippen molar-refractivity contribution < 1.29 is 91.6 Å². The third-order valence-corrected chi connectivity index (χ3v) is 22.0. The molecule has 0 spiro atoms. The number of carboxylic acids is 1. The van der Waals surface area contributed by atoms with E-state index in [-0.39, 0.29) is 100 Å². The van der Waals surface area contributed by atoms with Crippen molar-refractivity contribution in [3.63, 3.8) is 0 Å². The number of methoxy groups -OCH3 is 4. The van der Waals surface area contributed by atoms with Crippen LogP contribution in [0.4, 0.5) is 16.7 Å². The molecule has 3 amide bonds. The lowest BCUT2D eigenvalue weighted by Gasteiger charge is -2.43. The molecule has 5 fully saturated rings. The van der Waals surface area contributed by atoms with Crippen molar-refractivity contribution in [1.29, 1.82) is 0 Å². The van der Waals surface area contributed by atoms with Crippen LogP contribution in [0.15, 0.2) is 72.4 Å². The summed E-state index contributed by atoms with van der Waals surface area (Å²) in [6, 6.07) is -3.21. The molecule has 1 aliphatic carbocycles. The smallest absolute Gasteiger partial charge is 0.407 e. The molecule has 2 aromatic heterocycles. The maximum atomic E-state index is 14.9. The van der Waals surface area contributed by atoms with Crippen LogP contribution in [0.2, 0.25) is 0 Å². The molecule has 30 nitrogen and oxygen atoms in total. The number of carbonyl (C=O) groups excluding carboxylic acids is 7. The van der Waals surface area contributed by atoms with E-state index in [0.717, 1.165) is 18.7 Å². The Bertz CT molecular complexity index is 3430. The van der Waals surface area contributed by atoms with Crippen LogP contribution >= 0.6 is 0 Å². The number of ether oxygens (including phenoxy) is 8. The van der Waals surface area contributed by atoms with E-state index >= 15 is 0 Å². The molecule has 6 N–H and O–H groups in total. The molecule has 0 unspecified atom stereocenters. The summed E-state index contributed by atoms with van der Waals surface area (Å²) >= 11 is 0. The number of carboxylic acid groups (broad SMARTS) is 1. The van der Waals surface area contributed by atoms with E-state index in [4.69, 9.17) is 43.6 Å². The molecule has 0 radical (unpaired) electrons. The maximum Gasteiger partial charge on any atom is 0.407 e. The Kier molecular flexibility index (Phi) is 32.4. The highest BCUT2D eigenvalue weighted by molar-refractivity contribution is 6.39. The van der Waals surface area contributed by atoms with E-state index in [1.165, 1.54) is 62.8 Å². The van der Waals surface area contributed by atoms with Crippen LogP contribution in [-0.4, -0.2) is 270 Å². The number of aliphatic carboxylic acids is 1. The summed E-state index contributed by atoms with van der Waals surface area (Å²) in [5.41, 5.74) is 9.52. The van der Waals surface area contributed by atoms with Crippen LogP contribution in [0, 0.1) is 29.6 Å². The number of esters is 1. The van der Waals surface area contributed by atoms with E-state index < -0.39 is 120 Å². The van der Waals surface area contributed by atoms with Crippen LogP contribution in [0.1, 0.15) is 148 Å². The molecule has 2 bridgehead atoms. The molecule has 6 aliphatic rings. The average molecular weight is 1500 g/mol. The highest BCUT2D eigenvalue weighted by Gasteiger charge is 2.53. The van der Waals surface area contributed by atoms with Crippen molar-refractivity contribution >= 4 is 59.1 Å². The summed E-state index contributed by atoms with van der Waals surface area (Å²) in [6.45, 7) is 17.0. The monoisotopic (exact) mass is 1500 g/mol. The van der Waals surface area contributed by atoms with E-state index in [1.54, 1.807) is 31.9 Å². The van der Waals surface area contributed by atoms with Crippen LogP contribution in [0.25, 0.3) is 0 Å². The molecule has 7 heterocycles. The van der Waals surface area contributed by atoms with Gasteiger partial charge in [-0.05, 0) is 108 Å². The number of aliphatic hydroxyl groups excluding tert-OH is 1. The number of ketones is 3. The first-order chi connectivity index (χ1) is 51.2. The average Bonchev–Trinajstić information content (AvgIpc) is 0.774. The minimum atomic E-state index is -2.49. The van der Waals surface area contributed by atoms with Crippen molar-refractivity contribution in [2.75, 3.05) is 110 Å². The Morgan fingerprint density at radius 2 is 1.44 bits per heavy atom. The van der Waals surface area contributed by atoms with Crippen LogP contribution < -0.4 is 20.9 Å². The molecule has 0 aromatic carbocycles. The van der Waals surface area contributed by atoms with Gasteiger partial charge in [-0.2, -0.15) is 0 Å². The van der Waals surface area contributed by atoms with Gasteiger partial charge in [0.25, 0.3) is 11.7 Å². The normalized spacial score (nSPS) is 32.3. The van der Waals surface area contributed by atoms with Crippen molar-refractivity contribution in [3.8, 4) is 0 Å². The number of alkyl carbamates (subject to hydrolysis) is 1. The number of nitrogens with one attached hydrogen (secondary N) is 1. The number of rotatable bonds is 20. The summed E-state index contributed by atoms with van der Waals surface area (Å²) in [5, 5.41) is 37.0. The number of aliphatic hydroxyl groups is 2. The minimum absolute atomic E-state index is 0.000693. The third kappa shape index (κ3) is 23.3.